The molecule has 3 N–H and O–H groups in total. The molecule has 0 aliphatic carbocycles. The first-order valence-electron chi connectivity index (χ1n) is 3.08. The second-order valence-corrected chi connectivity index (χ2v) is 1.99. The lowest BCUT2D eigenvalue weighted by Gasteiger charge is -2.03. The monoisotopic (exact) mass is 141 g/mol. The summed E-state index contributed by atoms with van der Waals surface area (Å²) in [5.41, 5.74) is 5.22. The predicted molar refractivity (Wildman–Crippen MR) is 36.9 cm³/mol. The SMILES string of the molecule is CC(N)C(=O)NCCC#N. The van der Waals surface area contributed by atoms with Gasteiger partial charge in [-0.1, -0.05) is 0 Å². The highest BCUT2D eigenvalue weighted by Gasteiger charge is 2.04. The minimum atomic E-state index is -0.487. The van der Waals surface area contributed by atoms with E-state index in [0.717, 1.165) is 0 Å². The fraction of sp³-hybridized carbons (Fsp3) is 0.667. The molecule has 0 heterocycles. The van der Waals surface area contributed by atoms with Gasteiger partial charge in [0.25, 0.3) is 0 Å². The summed E-state index contributed by atoms with van der Waals surface area (Å²) >= 11 is 0. The summed E-state index contributed by atoms with van der Waals surface area (Å²) < 4.78 is 0. The molecule has 0 rings (SSSR count). The molecule has 0 saturated carbocycles. The molecule has 0 aliphatic rings. The fourth-order valence-electron chi connectivity index (χ4n) is 0.403. The molecule has 1 amide bonds. The molecule has 56 valence electrons. The van der Waals surface area contributed by atoms with Crippen molar-refractivity contribution in [2.24, 2.45) is 5.73 Å². The van der Waals surface area contributed by atoms with Crippen molar-refractivity contribution >= 4 is 5.91 Å². The van der Waals surface area contributed by atoms with Gasteiger partial charge in [-0.2, -0.15) is 5.26 Å². The Morgan fingerprint density at radius 3 is 2.90 bits per heavy atom. The van der Waals surface area contributed by atoms with E-state index in [4.69, 9.17) is 11.0 Å². The zero-order valence-corrected chi connectivity index (χ0v) is 5.92. The van der Waals surface area contributed by atoms with Crippen LogP contribution in [0, 0.1) is 11.3 Å². The van der Waals surface area contributed by atoms with Crippen LogP contribution in [0.3, 0.4) is 0 Å². The fourth-order valence-corrected chi connectivity index (χ4v) is 0.403. The highest BCUT2D eigenvalue weighted by atomic mass is 16.2. The van der Waals surface area contributed by atoms with Gasteiger partial charge in [-0.3, -0.25) is 4.79 Å². The Bertz CT molecular complexity index is 148. The van der Waals surface area contributed by atoms with Crippen LogP contribution in [-0.2, 0) is 4.79 Å². The topological polar surface area (TPSA) is 78.9 Å². The van der Waals surface area contributed by atoms with Gasteiger partial charge in [-0.05, 0) is 6.92 Å². The van der Waals surface area contributed by atoms with Crippen molar-refractivity contribution in [3.63, 3.8) is 0 Å². The molecule has 0 aromatic carbocycles. The van der Waals surface area contributed by atoms with Gasteiger partial charge in [0, 0.05) is 6.54 Å². The number of hydrogen-bond acceptors (Lipinski definition) is 3. The minimum Gasteiger partial charge on any atom is -0.354 e. The van der Waals surface area contributed by atoms with Gasteiger partial charge in [0.1, 0.15) is 0 Å². The molecule has 1 atom stereocenters. The summed E-state index contributed by atoms with van der Waals surface area (Å²) in [6, 6.07) is 1.42. The normalized spacial score (nSPS) is 11.7. The van der Waals surface area contributed by atoms with Crippen LogP contribution < -0.4 is 11.1 Å². The summed E-state index contributed by atoms with van der Waals surface area (Å²) in [6.45, 7) is 1.98. The number of rotatable bonds is 3. The third-order valence-corrected chi connectivity index (χ3v) is 0.950. The van der Waals surface area contributed by atoms with Gasteiger partial charge >= 0.3 is 0 Å². The average molecular weight is 141 g/mol. The molecular formula is C6H11N3O. The van der Waals surface area contributed by atoms with Crippen LogP contribution in [-0.4, -0.2) is 18.5 Å². The largest absolute Gasteiger partial charge is 0.354 e. The van der Waals surface area contributed by atoms with Gasteiger partial charge in [0.2, 0.25) is 5.91 Å². The summed E-state index contributed by atoms with van der Waals surface area (Å²) in [6.07, 6.45) is 0.332. The Morgan fingerprint density at radius 2 is 2.50 bits per heavy atom. The van der Waals surface area contributed by atoms with Gasteiger partial charge < -0.3 is 11.1 Å². The van der Waals surface area contributed by atoms with Crippen molar-refractivity contribution in [3.8, 4) is 6.07 Å². The molecule has 4 nitrogen and oxygen atoms in total. The number of nitrogens with two attached hydrogens (primary N) is 1. The predicted octanol–water partition coefficient (Wildman–Crippen LogP) is -0.637. The summed E-state index contributed by atoms with van der Waals surface area (Å²) in [4.78, 5) is 10.7. The second kappa shape index (κ2) is 4.77. The smallest absolute Gasteiger partial charge is 0.236 e. The van der Waals surface area contributed by atoms with Crippen LogP contribution in [0.2, 0.25) is 0 Å². The van der Waals surface area contributed by atoms with Crippen molar-refractivity contribution in [2.75, 3.05) is 6.54 Å². The quantitative estimate of drug-likeness (QED) is 0.513. The third-order valence-electron chi connectivity index (χ3n) is 0.950. The molecule has 0 aliphatic heterocycles. The first-order chi connectivity index (χ1) is 4.68. The van der Waals surface area contributed by atoms with E-state index >= 15 is 0 Å². The summed E-state index contributed by atoms with van der Waals surface area (Å²) in [5.74, 6) is -0.213. The zero-order valence-electron chi connectivity index (χ0n) is 5.92. The Hall–Kier alpha value is -1.08. The van der Waals surface area contributed by atoms with E-state index in [1.165, 1.54) is 0 Å². The van der Waals surface area contributed by atoms with E-state index in [9.17, 15) is 4.79 Å². The minimum absolute atomic E-state index is 0.213. The number of nitrogens with zero attached hydrogens (tertiary/aromatic N) is 1. The molecule has 0 radical (unpaired) electrons. The van der Waals surface area contributed by atoms with E-state index in [2.05, 4.69) is 5.32 Å². The molecule has 0 fully saturated rings. The number of carbonyl (C=O) groups excluding carboxylic acids is 1. The van der Waals surface area contributed by atoms with Gasteiger partial charge in [0.05, 0.1) is 18.5 Å². The summed E-state index contributed by atoms with van der Waals surface area (Å²) in [5, 5.41) is 10.6. The van der Waals surface area contributed by atoms with Crippen LogP contribution in [0.15, 0.2) is 0 Å². The van der Waals surface area contributed by atoms with Crippen LogP contribution in [0.5, 0.6) is 0 Å². The molecule has 0 saturated heterocycles. The summed E-state index contributed by atoms with van der Waals surface area (Å²) in [7, 11) is 0. The average Bonchev–Trinajstić information content (AvgIpc) is 1.88. The van der Waals surface area contributed by atoms with Crippen molar-refractivity contribution in [2.45, 2.75) is 19.4 Å². The Balaban J connectivity index is 3.33. The van der Waals surface area contributed by atoms with Crippen LogP contribution >= 0.6 is 0 Å². The number of amides is 1. The first kappa shape index (κ1) is 8.92. The van der Waals surface area contributed by atoms with E-state index in [-0.39, 0.29) is 5.91 Å². The Morgan fingerprint density at radius 1 is 1.90 bits per heavy atom. The van der Waals surface area contributed by atoms with Crippen molar-refractivity contribution in [3.05, 3.63) is 0 Å². The maximum atomic E-state index is 10.7. The molecule has 4 heteroatoms. The maximum absolute atomic E-state index is 10.7. The van der Waals surface area contributed by atoms with E-state index in [1.807, 2.05) is 6.07 Å². The van der Waals surface area contributed by atoms with Gasteiger partial charge in [-0.15, -0.1) is 0 Å². The van der Waals surface area contributed by atoms with Crippen LogP contribution in [0.1, 0.15) is 13.3 Å². The van der Waals surface area contributed by atoms with Crippen molar-refractivity contribution < 1.29 is 4.79 Å². The zero-order chi connectivity index (χ0) is 7.98. The number of hydrogen-bond donors (Lipinski definition) is 2. The molecule has 0 spiro atoms. The lowest BCUT2D eigenvalue weighted by Crippen LogP contribution is -2.38. The van der Waals surface area contributed by atoms with Crippen LogP contribution in [0.25, 0.3) is 0 Å². The first-order valence-corrected chi connectivity index (χ1v) is 3.08. The number of nitrogens with one attached hydrogen (secondary N) is 1. The third kappa shape index (κ3) is 3.87. The molecule has 0 aromatic rings. The van der Waals surface area contributed by atoms with Gasteiger partial charge in [0.15, 0.2) is 0 Å². The van der Waals surface area contributed by atoms with Gasteiger partial charge in [-0.25, -0.2) is 0 Å². The molecular weight excluding hydrogens is 130 g/mol. The standard InChI is InChI=1S/C6H11N3O/c1-5(8)6(10)9-4-2-3-7/h5H,2,4,8H2,1H3,(H,9,10). The lowest BCUT2D eigenvalue weighted by atomic mass is 10.3. The van der Waals surface area contributed by atoms with E-state index in [0.29, 0.717) is 13.0 Å². The van der Waals surface area contributed by atoms with E-state index < -0.39 is 6.04 Å². The van der Waals surface area contributed by atoms with Crippen molar-refractivity contribution in [1.29, 1.82) is 5.26 Å². The Kier molecular flexibility index (Phi) is 4.25. The van der Waals surface area contributed by atoms with Crippen molar-refractivity contribution in [1.82, 2.24) is 5.32 Å². The Labute approximate surface area is 60.0 Å². The van der Waals surface area contributed by atoms with Crippen LogP contribution in [0.4, 0.5) is 0 Å². The van der Waals surface area contributed by atoms with E-state index in [1.54, 1.807) is 6.92 Å². The second-order valence-electron chi connectivity index (χ2n) is 1.99. The molecule has 0 aromatic heterocycles. The number of nitriles is 1. The number of carbonyl (C=O) groups is 1. The molecule has 1 unspecified atom stereocenters. The maximum Gasteiger partial charge on any atom is 0.236 e. The highest BCUT2D eigenvalue weighted by molar-refractivity contribution is 5.80. The molecule has 10 heavy (non-hydrogen) atoms. The highest BCUT2D eigenvalue weighted by Crippen LogP contribution is 1.75. The lowest BCUT2D eigenvalue weighted by molar-refractivity contribution is -0.121. The molecule has 0 bridgehead atoms.